The van der Waals surface area contributed by atoms with Gasteiger partial charge < -0.3 is 0 Å². The van der Waals surface area contributed by atoms with E-state index in [1.165, 1.54) is 28.6 Å². The maximum atomic E-state index is 12.2. The Hall–Kier alpha value is -1.67. The predicted molar refractivity (Wildman–Crippen MR) is 122 cm³/mol. The zero-order chi connectivity index (χ0) is 21.5. The topological polar surface area (TPSA) is 84.0 Å². The van der Waals surface area contributed by atoms with E-state index >= 15 is 0 Å². The summed E-state index contributed by atoms with van der Waals surface area (Å²) in [5, 5.41) is 2.08. The first kappa shape index (κ1) is 21.6. The second kappa shape index (κ2) is 8.46. The molecule has 1 atom stereocenters. The number of nitrogens with zero attached hydrogens (tertiary/aromatic N) is 2. The highest BCUT2D eigenvalue weighted by Crippen LogP contribution is 2.46. The van der Waals surface area contributed by atoms with E-state index in [2.05, 4.69) is 31.6 Å². The largest absolute Gasteiger partial charge is 0.273 e. The first-order valence-electron chi connectivity index (χ1n) is 10.8. The highest BCUT2D eigenvalue weighted by Gasteiger charge is 2.33. The van der Waals surface area contributed by atoms with Crippen LogP contribution in [0.15, 0.2) is 5.03 Å². The summed E-state index contributed by atoms with van der Waals surface area (Å²) in [5.41, 5.74) is 6.60. The first-order chi connectivity index (χ1) is 14.3. The predicted octanol–water partition coefficient (Wildman–Crippen LogP) is 4.37. The van der Waals surface area contributed by atoms with Crippen molar-refractivity contribution in [1.82, 2.24) is 20.8 Å². The first-order valence-corrected chi connectivity index (χ1v) is 12.6. The van der Waals surface area contributed by atoms with Crippen LogP contribution in [-0.4, -0.2) is 27.5 Å². The number of rotatable bonds is 5. The summed E-state index contributed by atoms with van der Waals surface area (Å²) in [6.07, 6.45) is 5.97. The number of aryl methyl sites for hydroxylation is 1. The number of hydrogen-bond acceptors (Lipinski definition) is 6. The minimum absolute atomic E-state index is 0.200. The van der Waals surface area contributed by atoms with Gasteiger partial charge in [-0.3, -0.25) is 20.4 Å². The Bertz CT molecular complexity index is 976. The minimum Gasteiger partial charge on any atom is -0.273 e. The van der Waals surface area contributed by atoms with Crippen molar-refractivity contribution >= 4 is 45.1 Å². The van der Waals surface area contributed by atoms with E-state index in [1.807, 2.05) is 11.3 Å². The summed E-state index contributed by atoms with van der Waals surface area (Å²) in [4.78, 5) is 35.9. The van der Waals surface area contributed by atoms with Crippen molar-refractivity contribution in [2.75, 3.05) is 5.75 Å². The SMILES string of the molecule is CCC(=O)NNC(=O)CSc1nc(C2CC2)nc2sc3c(c12)CC[C@H](C(C)(C)C)C3. The van der Waals surface area contributed by atoms with Crippen LogP contribution in [0.3, 0.4) is 0 Å². The number of hydrogen-bond donors (Lipinski definition) is 2. The van der Waals surface area contributed by atoms with Gasteiger partial charge in [0.1, 0.15) is 15.7 Å². The lowest BCUT2D eigenvalue weighted by Gasteiger charge is -2.33. The van der Waals surface area contributed by atoms with Crippen molar-refractivity contribution in [3.63, 3.8) is 0 Å². The molecule has 4 rings (SSSR count). The monoisotopic (exact) mass is 446 g/mol. The average molecular weight is 447 g/mol. The van der Waals surface area contributed by atoms with Crippen LogP contribution in [0.4, 0.5) is 0 Å². The Morgan fingerprint density at radius 3 is 2.53 bits per heavy atom. The van der Waals surface area contributed by atoms with E-state index in [4.69, 9.17) is 9.97 Å². The number of carbonyl (C=O) groups excluding carboxylic acids is 2. The molecule has 30 heavy (non-hydrogen) atoms. The number of fused-ring (bicyclic) bond motifs is 3. The molecule has 6 nitrogen and oxygen atoms in total. The molecule has 2 amide bonds. The van der Waals surface area contributed by atoms with Crippen LogP contribution in [-0.2, 0) is 22.4 Å². The molecule has 2 aromatic rings. The number of thioether (sulfide) groups is 1. The van der Waals surface area contributed by atoms with Crippen molar-refractivity contribution in [3.05, 3.63) is 16.3 Å². The van der Waals surface area contributed by atoms with Gasteiger partial charge in [0.2, 0.25) is 11.8 Å². The summed E-state index contributed by atoms with van der Waals surface area (Å²) in [6.45, 7) is 8.74. The minimum atomic E-state index is -0.224. The molecule has 2 aromatic heterocycles. The Balaban J connectivity index is 1.59. The molecule has 1 fully saturated rings. The fourth-order valence-electron chi connectivity index (χ4n) is 3.93. The molecule has 0 spiro atoms. The van der Waals surface area contributed by atoms with E-state index in [1.54, 1.807) is 6.92 Å². The third-order valence-electron chi connectivity index (χ3n) is 6.06. The molecule has 0 saturated heterocycles. The smallest absolute Gasteiger partial charge is 0.248 e. The maximum Gasteiger partial charge on any atom is 0.248 e. The van der Waals surface area contributed by atoms with E-state index in [0.29, 0.717) is 23.7 Å². The lowest BCUT2D eigenvalue weighted by Crippen LogP contribution is -2.42. The fraction of sp³-hybridized carbons (Fsp3) is 0.636. The summed E-state index contributed by atoms with van der Waals surface area (Å²) >= 11 is 3.28. The Morgan fingerprint density at radius 2 is 1.87 bits per heavy atom. The van der Waals surface area contributed by atoms with Crippen LogP contribution in [0.1, 0.15) is 75.6 Å². The third kappa shape index (κ3) is 4.64. The van der Waals surface area contributed by atoms with Gasteiger partial charge in [0, 0.05) is 22.6 Å². The van der Waals surface area contributed by atoms with Gasteiger partial charge in [0.15, 0.2) is 0 Å². The van der Waals surface area contributed by atoms with Gasteiger partial charge in [-0.25, -0.2) is 9.97 Å². The molecule has 2 aliphatic carbocycles. The second-order valence-corrected chi connectivity index (χ2v) is 11.4. The van der Waals surface area contributed by atoms with Gasteiger partial charge >= 0.3 is 0 Å². The number of carbonyl (C=O) groups is 2. The molecule has 0 radical (unpaired) electrons. The highest BCUT2D eigenvalue weighted by atomic mass is 32.2. The molecule has 2 N–H and O–H groups in total. The zero-order valence-electron chi connectivity index (χ0n) is 18.1. The van der Waals surface area contributed by atoms with Crippen molar-refractivity contribution in [1.29, 1.82) is 0 Å². The third-order valence-corrected chi connectivity index (χ3v) is 8.19. The number of thiophene rings is 1. The molecule has 0 aromatic carbocycles. The summed E-state index contributed by atoms with van der Waals surface area (Å²) in [6, 6.07) is 0. The second-order valence-electron chi connectivity index (χ2n) is 9.39. The Morgan fingerprint density at radius 1 is 1.13 bits per heavy atom. The van der Waals surface area contributed by atoms with Crippen molar-refractivity contribution in [3.8, 4) is 0 Å². The lowest BCUT2D eigenvalue weighted by molar-refractivity contribution is -0.127. The van der Waals surface area contributed by atoms with E-state index in [0.717, 1.165) is 46.8 Å². The fourth-order valence-corrected chi connectivity index (χ4v) is 6.16. The number of amides is 2. The number of hydrazine groups is 1. The van der Waals surface area contributed by atoms with Crippen LogP contribution >= 0.6 is 23.1 Å². The van der Waals surface area contributed by atoms with E-state index < -0.39 is 0 Å². The van der Waals surface area contributed by atoms with Gasteiger partial charge in [0.05, 0.1) is 5.75 Å². The van der Waals surface area contributed by atoms with Crippen molar-refractivity contribution < 1.29 is 9.59 Å². The molecule has 0 unspecified atom stereocenters. The van der Waals surface area contributed by atoms with Crippen molar-refractivity contribution in [2.45, 2.75) is 77.2 Å². The van der Waals surface area contributed by atoms with Gasteiger partial charge in [0.25, 0.3) is 0 Å². The molecule has 1 saturated carbocycles. The van der Waals surface area contributed by atoms with Crippen molar-refractivity contribution in [2.24, 2.45) is 11.3 Å². The highest BCUT2D eigenvalue weighted by molar-refractivity contribution is 8.00. The van der Waals surface area contributed by atoms with E-state index in [9.17, 15) is 9.59 Å². The number of aromatic nitrogens is 2. The van der Waals surface area contributed by atoms with Gasteiger partial charge in [-0.15, -0.1) is 11.3 Å². The molecule has 0 bridgehead atoms. The Labute approximate surface area is 186 Å². The summed E-state index contributed by atoms with van der Waals surface area (Å²) in [5.74, 6) is 1.86. The van der Waals surface area contributed by atoms with Gasteiger partial charge in [-0.1, -0.05) is 39.5 Å². The molecule has 2 heterocycles. The van der Waals surface area contributed by atoms with Gasteiger partial charge in [-0.2, -0.15) is 0 Å². The molecular weight excluding hydrogens is 416 g/mol. The summed E-state index contributed by atoms with van der Waals surface area (Å²) in [7, 11) is 0. The van der Waals surface area contributed by atoms with E-state index in [-0.39, 0.29) is 17.6 Å². The van der Waals surface area contributed by atoms with Crippen LogP contribution in [0.5, 0.6) is 0 Å². The molecule has 8 heteroatoms. The summed E-state index contributed by atoms with van der Waals surface area (Å²) < 4.78 is 0. The van der Waals surface area contributed by atoms with Crippen LogP contribution < -0.4 is 10.9 Å². The Kier molecular flexibility index (Phi) is 6.08. The normalized spacial score (nSPS) is 18.9. The maximum absolute atomic E-state index is 12.2. The van der Waals surface area contributed by atoms with Crippen LogP contribution in [0.25, 0.3) is 10.2 Å². The molecule has 0 aliphatic heterocycles. The standard InChI is InChI=1S/C22H30N4O2S2/c1-5-16(27)25-26-17(28)11-29-20-18-14-9-8-13(22(2,3)4)10-15(14)30-21(18)24-19(23-20)12-6-7-12/h12-13H,5-11H2,1-4H3,(H,25,27)(H,26,28)/t13-/m0/s1. The average Bonchev–Trinajstić information content (AvgIpc) is 3.49. The number of nitrogens with one attached hydrogen (secondary N) is 2. The lowest BCUT2D eigenvalue weighted by atomic mass is 9.72. The quantitative estimate of drug-likeness (QED) is 0.405. The molecular formula is C22H30N4O2S2. The van der Waals surface area contributed by atoms with Crippen LogP contribution in [0.2, 0.25) is 0 Å². The molecule has 2 aliphatic rings. The van der Waals surface area contributed by atoms with Gasteiger partial charge in [-0.05, 0) is 49.0 Å². The van der Waals surface area contributed by atoms with Crippen LogP contribution in [0, 0.1) is 11.3 Å². The zero-order valence-corrected chi connectivity index (χ0v) is 19.8. The molecule has 162 valence electrons.